The number of nitrogens with two attached hydrogens (primary N) is 1. The first-order valence-corrected chi connectivity index (χ1v) is 6.94. The molecule has 2 N–H and O–H groups in total. The van der Waals surface area contributed by atoms with Gasteiger partial charge in [-0.2, -0.15) is 0 Å². The first-order valence-electron chi connectivity index (χ1n) is 6.94. The van der Waals surface area contributed by atoms with E-state index in [-0.39, 0.29) is 0 Å². The fourth-order valence-electron chi connectivity index (χ4n) is 2.13. The average Bonchev–Trinajstić information content (AvgIpc) is 2.35. The lowest BCUT2D eigenvalue weighted by Crippen LogP contribution is -2.24. The third kappa shape index (κ3) is 5.87. The van der Waals surface area contributed by atoms with Crippen molar-refractivity contribution in [2.75, 3.05) is 18.8 Å². The smallest absolute Gasteiger partial charge is 0.0317 e. The Kier molecular flexibility index (Phi) is 7.19. The summed E-state index contributed by atoms with van der Waals surface area (Å²) in [6.07, 6.45) is 7.19. The van der Waals surface area contributed by atoms with E-state index in [1.807, 2.05) is 18.2 Å². The van der Waals surface area contributed by atoms with Gasteiger partial charge < -0.3 is 5.73 Å². The molecule has 1 rings (SSSR count). The molecule has 0 aromatic heterocycles. The number of anilines is 1. The van der Waals surface area contributed by atoms with Gasteiger partial charge in [0.05, 0.1) is 0 Å². The van der Waals surface area contributed by atoms with Crippen molar-refractivity contribution in [3.05, 3.63) is 42.5 Å². The number of unbranched alkanes of at least 4 members (excludes halogenated alkanes) is 3. The molecule has 0 fully saturated rings. The van der Waals surface area contributed by atoms with Crippen LogP contribution in [-0.4, -0.2) is 18.0 Å². The zero-order chi connectivity index (χ0) is 13.2. The van der Waals surface area contributed by atoms with E-state index in [4.69, 9.17) is 5.73 Å². The highest BCUT2D eigenvalue weighted by atomic mass is 15.1. The Hall–Kier alpha value is -1.28. The van der Waals surface area contributed by atoms with Gasteiger partial charge in [0.25, 0.3) is 0 Å². The van der Waals surface area contributed by atoms with Crippen LogP contribution in [0.3, 0.4) is 0 Å². The monoisotopic (exact) mass is 246 g/mol. The van der Waals surface area contributed by atoms with Crippen LogP contribution in [0.1, 0.15) is 38.2 Å². The zero-order valence-corrected chi connectivity index (χ0v) is 11.6. The Balaban J connectivity index is 2.43. The summed E-state index contributed by atoms with van der Waals surface area (Å²) in [6, 6.07) is 8.15. The molecule has 0 heterocycles. The van der Waals surface area contributed by atoms with Crippen molar-refractivity contribution in [3.63, 3.8) is 0 Å². The molecule has 0 spiro atoms. The minimum absolute atomic E-state index is 0.844. The molecule has 0 radical (unpaired) electrons. The third-order valence-corrected chi connectivity index (χ3v) is 3.07. The quantitative estimate of drug-likeness (QED) is 0.407. The number of hydrogen-bond donors (Lipinski definition) is 1. The van der Waals surface area contributed by atoms with Crippen LogP contribution in [0.25, 0.3) is 0 Å². The molecule has 18 heavy (non-hydrogen) atoms. The van der Waals surface area contributed by atoms with Crippen molar-refractivity contribution in [3.8, 4) is 0 Å². The maximum Gasteiger partial charge on any atom is 0.0317 e. The van der Waals surface area contributed by atoms with Crippen LogP contribution in [0.4, 0.5) is 5.69 Å². The van der Waals surface area contributed by atoms with Gasteiger partial charge in [-0.1, -0.05) is 44.4 Å². The molecular weight excluding hydrogens is 220 g/mol. The zero-order valence-electron chi connectivity index (χ0n) is 11.6. The topological polar surface area (TPSA) is 29.3 Å². The number of hydrogen-bond acceptors (Lipinski definition) is 2. The summed E-state index contributed by atoms with van der Waals surface area (Å²) < 4.78 is 0. The SMILES string of the molecule is C=CCN(CCCCCC)Cc1cccc(N)c1. The molecular formula is C16H26N2. The molecule has 0 bridgehead atoms. The second-order valence-electron chi connectivity index (χ2n) is 4.83. The van der Waals surface area contributed by atoms with E-state index in [9.17, 15) is 0 Å². The summed E-state index contributed by atoms with van der Waals surface area (Å²) in [6.45, 7) is 9.13. The number of rotatable bonds is 9. The Morgan fingerprint density at radius 2 is 2.11 bits per heavy atom. The van der Waals surface area contributed by atoms with Crippen LogP contribution in [0.2, 0.25) is 0 Å². The highest BCUT2D eigenvalue weighted by Crippen LogP contribution is 2.11. The summed E-state index contributed by atoms with van der Waals surface area (Å²) in [5.74, 6) is 0. The predicted octanol–water partition coefficient (Wildman–Crippen LogP) is 3.84. The van der Waals surface area contributed by atoms with Crippen molar-refractivity contribution in [2.24, 2.45) is 0 Å². The van der Waals surface area contributed by atoms with E-state index in [2.05, 4.69) is 30.5 Å². The van der Waals surface area contributed by atoms with Crippen molar-refractivity contribution in [1.82, 2.24) is 4.90 Å². The molecule has 100 valence electrons. The molecule has 0 aliphatic carbocycles. The van der Waals surface area contributed by atoms with Gasteiger partial charge >= 0.3 is 0 Å². The second kappa shape index (κ2) is 8.76. The molecule has 2 heteroatoms. The van der Waals surface area contributed by atoms with Gasteiger partial charge in [-0.3, -0.25) is 4.90 Å². The summed E-state index contributed by atoms with van der Waals surface area (Å²) >= 11 is 0. The molecule has 0 aliphatic rings. The van der Waals surface area contributed by atoms with E-state index in [1.165, 1.54) is 31.2 Å². The van der Waals surface area contributed by atoms with Gasteiger partial charge in [0, 0.05) is 18.8 Å². The average molecular weight is 246 g/mol. The molecule has 1 aromatic carbocycles. The van der Waals surface area contributed by atoms with E-state index >= 15 is 0 Å². The van der Waals surface area contributed by atoms with Gasteiger partial charge in [0.1, 0.15) is 0 Å². The fraction of sp³-hybridized carbons (Fsp3) is 0.500. The van der Waals surface area contributed by atoms with E-state index in [0.717, 1.165) is 25.3 Å². The van der Waals surface area contributed by atoms with Crippen LogP contribution in [-0.2, 0) is 6.54 Å². The lowest BCUT2D eigenvalue weighted by molar-refractivity contribution is 0.286. The molecule has 2 nitrogen and oxygen atoms in total. The summed E-state index contributed by atoms with van der Waals surface area (Å²) in [5, 5.41) is 0. The van der Waals surface area contributed by atoms with Gasteiger partial charge in [0.15, 0.2) is 0 Å². The lowest BCUT2D eigenvalue weighted by Gasteiger charge is -2.20. The van der Waals surface area contributed by atoms with Gasteiger partial charge in [-0.25, -0.2) is 0 Å². The summed E-state index contributed by atoms with van der Waals surface area (Å²) in [7, 11) is 0. The molecule has 0 saturated heterocycles. The second-order valence-corrected chi connectivity index (χ2v) is 4.83. The first kappa shape index (κ1) is 14.8. The Bertz CT molecular complexity index is 347. The molecule has 0 atom stereocenters. The van der Waals surface area contributed by atoms with Gasteiger partial charge in [-0.15, -0.1) is 6.58 Å². The Morgan fingerprint density at radius 1 is 1.28 bits per heavy atom. The first-order chi connectivity index (χ1) is 8.76. The minimum Gasteiger partial charge on any atom is -0.399 e. The predicted molar refractivity (Wildman–Crippen MR) is 80.5 cm³/mol. The molecule has 0 unspecified atom stereocenters. The maximum atomic E-state index is 5.81. The van der Waals surface area contributed by atoms with Crippen LogP contribution in [0.5, 0.6) is 0 Å². The number of benzene rings is 1. The van der Waals surface area contributed by atoms with Crippen molar-refractivity contribution >= 4 is 5.69 Å². The largest absolute Gasteiger partial charge is 0.399 e. The summed E-state index contributed by atoms with van der Waals surface area (Å²) in [5.41, 5.74) is 7.94. The van der Waals surface area contributed by atoms with Gasteiger partial charge in [-0.05, 0) is 30.7 Å². The molecule has 0 saturated carbocycles. The molecule has 0 aliphatic heterocycles. The molecule has 1 aromatic rings. The summed E-state index contributed by atoms with van der Waals surface area (Å²) in [4.78, 5) is 2.43. The van der Waals surface area contributed by atoms with E-state index in [0.29, 0.717) is 0 Å². The Morgan fingerprint density at radius 3 is 2.78 bits per heavy atom. The fourth-order valence-corrected chi connectivity index (χ4v) is 2.13. The highest BCUT2D eigenvalue weighted by Gasteiger charge is 2.04. The number of nitrogens with zero attached hydrogens (tertiary/aromatic N) is 1. The van der Waals surface area contributed by atoms with Crippen LogP contribution in [0, 0.1) is 0 Å². The number of nitrogen functional groups attached to an aromatic ring is 1. The Labute approximate surface area is 111 Å². The van der Waals surface area contributed by atoms with Gasteiger partial charge in [0.2, 0.25) is 0 Å². The van der Waals surface area contributed by atoms with E-state index in [1.54, 1.807) is 0 Å². The lowest BCUT2D eigenvalue weighted by atomic mass is 10.1. The van der Waals surface area contributed by atoms with Crippen LogP contribution >= 0.6 is 0 Å². The van der Waals surface area contributed by atoms with Crippen LogP contribution in [0.15, 0.2) is 36.9 Å². The maximum absolute atomic E-state index is 5.81. The van der Waals surface area contributed by atoms with E-state index < -0.39 is 0 Å². The minimum atomic E-state index is 0.844. The van der Waals surface area contributed by atoms with Crippen molar-refractivity contribution in [1.29, 1.82) is 0 Å². The van der Waals surface area contributed by atoms with Crippen molar-refractivity contribution < 1.29 is 0 Å². The highest BCUT2D eigenvalue weighted by molar-refractivity contribution is 5.40. The van der Waals surface area contributed by atoms with Crippen molar-refractivity contribution in [2.45, 2.75) is 39.2 Å². The molecule has 0 amide bonds. The van der Waals surface area contributed by atoms with Crippen LogP contribution < -0.4 is 5.73 Å². The third-order valence-electron chi connectivity index (χ3n) is 3.07. The normalized spacial score (nSPS) is 10.8. The standard InChI is InChI=1S/C16H26N2/c1-3-5-6-7-12-18(11-4-2)14-15-9-8-10-16(17)13-15/h4,8-10,13H,2-3,5-7,11-12,14,17H2,1H3.